The van der Waals surface area contributed by atoms with Crippen molar-refractivity contribution in [3.8, 4) is 17.2 Å². The first-order valence-electron chi connectivity index (χ1n) is 10.6. The van der Waals surface area contributed by atoms with Crippen LogP contribution in [0, 0.1) is 0 Å². The van der Waals surface area contributed by atoms with Crippen LogP contribution in [0.15, 0.2) is 65.1 Å². The summed E-state index contributed by atoms with van der Waals surface area (Å²) >= 11 is 3.39. The fourth-order valence-corrected chi connectivity index (χ4v) is 4.24. The zero-order chi connectivity index (χ0) is 25.2. The maximum atomic E-state index is 13.7. The molecule has 9 nitrogen and oxygen atoms in total. The molecule has 1 aliphatic rings. The van der Waals surface area contributed by atoms with Gasteiger partial charge >= 0.3 is 6.03 Å². The molecule has 3 aromatic rings. The van der Waals surface area contributed by atoms with E-state index < -0.39 is 17.7 Å². The summed E-state index contributed by atoms with van der Waals surface area (Å²) in [6, 6.07) is 16.1. The lowest BCUT2D eigenvalue weighted by Crippen LogP contribution is -2.62. The van der Waals surface area contributed by atoms with Gasteiger partial charge in [-0.1, -0.05) is 28.1 Å². The van der Waals surface area contributed by atoms with Gasteiger partial charge < -0.3 is 30.0 Å². The molecule has 0 spiro atoms. The van der Waals surface area contributed by atoms with Crippen LogP contribution in [0.5, 0.6) is 17.2 Å². The summed E-state index contributed by atoms with van der Waals surface area (Å²) in [4.78, 5) is 27.9. The molecule has 0 fully saturated rings. The average molecular weight is 542 g/mol. The largest absolute Gasteiger partial charge is 0.497 e. The van der Waals surface area contributed by atoms with Crippen molar-refractivity contribution >= 4 is 39.2 Å². The molecule has 0 bridgehead atoms. The van der Waals surface area contributed by atoms with E-state index in [0.29, 0.717) is 21.7 Å². The van der Waals surface area contributed by atoms with Crippen LogP contribution in [0.4, 0.5) is 16.2 Å². The number of aliphatic hydroxyl groups is 1. The van der Waals surface area contributed by atoms with Gasteiger partial charge in [0.1, 0.15) is 17.2 Å². The van der Waals surface area contributed by atoms with E-state index in [1.54, 1.807) is 67.8 Å². The fourth-order valence-electron chi connectivity index (χ4n) is 3.88. The number of hydrogen-bond donors (Lipinski definition) is 3. The SMILES string of the molecule is COc1ccc(CNC(=O)[C@@]2(O)c3cc(Br)ccc3NC(=O)N2c2ccc(OC)cc2OC)cc1. The Kier molecular flexibility index (Phi) is 6.86. The van der Waals surface area contributed by atoms with Gasteiger partial charge in [0.15, 0.2) is 0 Å². The highest BCUT2D eigenvalue weighted by Crippen LogP contribution is 2.44. The van der Waals surface area contributed by atoms with Crippen LogP contribution in [0.2, 0.25) is 0 Å². The molecule has 0 radical (unpaired) electrons. The van der Waals surface area contributed by atoms with E-state index in [4.69, 9.17) is 14.2 Å². The Morgan fingerprint density at radius 3 is 2.34 bits per heavy atom. The maximum Gasteiger partial charge on any atom is 0.329 e. The van der Waals surface area contributed by atoms with Gasteiger partial charge in [-0.2, -0.15) is 0 Å². The Hall–Kier alpha value is -3.76. The third-order valence-electron chi connectivity index (χ3n) is 5.68. The number of nitrogens with one attached hydrogen (secondary N) is 2. The van der Waals surface area contributed by atoms with Crippen LogP contribution < -0.4 is 29.7 Å². The van der Waals surface area contributed by atoms with Gasteiger partial charge in [0.05, 0.1) is 32.7 Å². The smallest absolute Gasteiger partial charge is 0.329 e. The molecule has 3 amide bonds. The quantitative estimate of drug-likeness (QED) is 0.417. The third-order valence-corrected chi connectivity index (χ3v) is 6.18. The highest BCUT2D eigenvalue weighted by molar-refractivity contribution is 9.10. The Bertz CT molecular complexity index is 1270. The fraction of sp³-hybridized carbons (Fsp3) is 0.200. The molecule has 3 aromatic carbocycles. The van der Waals surface area contributed by atoms with Gasteiger partial charge in [0, 0.05) is 22.6 Å². The van der Waals surface area contributed by atoms with Crippen molar-refractivity contribution < 1.29 is 28.9 Å². The number of rotatable bonds is 7. The van der Waals surface area contributed by atoms with Gasteiger partial charge in [-0.3, -0.25) is 4.79 Å². The van der Waals surface area contributed by atoms with Crippen LogP contribution in [0.1, 0.15) is 11.1 Å². The summed E-state index contributed by atoms with van der Waals surface area (Å²) in [5.41, 5.74) is -0.930. The van der Waals surface area contributed by atoms with Crippen molar-refractivity contribution in [2.24, 2.45) is 0 Å². The number of hydrogen-bond acceptors (Lipinski definition) is 6. The predicted octanol–water partition coefficient (Wildman–Crippen LogP) is 3.99. The van der Waals surface area contributed by atoms with Gasteiger partial charge in [-0.15, -0.1) is 0 Å². The summed E-state index contributed by atoms with van der Waals surface area (Å²) < 4.78 is 16.5. The minimum absolute atomic E-state index is 0.115. The molecule has 10 heteroatoms. The Morgan fingerprint density at radius 1 is 1.00 bits per heavy atom. The van der Waals surface area contributed by atoms with Crippen LogP contribution >= 0.6 is 15.9 Å². The molecule has 0 saturated carbocycles. The summed E-state index contributed by atoms with van der Waals surface area (Å²) in [6.45, 7) is 0.115. The second-order valence-corrected chi connectivity index (χ2v) is 8.61. The minimum atomic E-state index is -2.39. The second kappa shape index (κ2) is 9.85. The van der Waals surface area contributed by atoms with E-state index in [0.717, 1.165) is 10.5 Å². The number of ether oxygens (including phenoxy) is 3. The summed E-state index contributed by atoms with van der Waals surface area (Å²) in [5.74, 6) is 0.609. The zero-order valence-corrected chi connectivity index (χ0v) is 20.9. The molecular formula is C25H24BrN3O6. The van der Waals surface area contributed by atoms with Gasteiger partial charge in [-0.25, -0.2) is 9.69 Å². The van der Waals surface area contributed by atoms with Crippen molar-refractivity contribution in [3.05, 3.63) is 76.3 Å². The number of halogens is 1. The molecule has 0 saturated heterocycles. The third kappa shape index (κ3) is 4.50. The Morgan fingerprint density at radius 2 is 1.69 bits per heavy atom. The lowest BCUT2D eigenvalue weighted by molar-refractivity contribution is -0.140. The number of fused-ring (bicyclic) bond motifs is 1. The van der Waals surface area contributed by atoms with Crippen LogP contribution in [0.3, 0.4) is 0 Å². The molecular weight excluding hydrogens is 518 g/mol. The molecule has 0 aliphatic carbocycles. The molecule has 0 aromatic heterocycles. The lowest BCUT2D eigenvalue weighted by Gasteiger charge is -2.43. The number of carbonyl (C=O) groups excluding carboxylic acids is 2. The highest BCUT2D eigenvalue weighted by atomic mass is 79.9. The van der Waals surface area contributed by atoms with Crippen molar-refractivity contribution in [1.82, 2.24) is 5.32 Å². The number of carbonyl (C=O) groups is 2. The Balaban J connectivity index is 1.79. The first-order valence-corrected chi connectivity index (χ1v) is 11.4. The summed E-state index contributed by atoms with van der Waals surface area (Å²) in [6.07, 6.45) is 0. The van der Waals surface area contributed by atoms with E-state index >= 15 is 0 Å². The molecule has 35 heavy (non-hydrogen) atoms. The van der Waals surface area contributed by atoms with E-state index in [1.165, 1.54) is 14.2 Å². The standard InChI is InChI=1S/C25H24BrN3O6/c1-33-17-7-4-15(5-8-17)14-27-23(30)25(32)19-12-16(26)6-10-20(19)28-24(31)29(25)21-11-9-18(34-2)13-22(21)35-3/h4-13,32H,14H2,1-3H3,(H,27,30)(H,28,31)/t25-/m0/s1. The van der Waals surface area contributed by atoms with Crippen molar-refractivity contribution in [2.45, 2.75) is 12.3 Å². The number of methoxy groups -OCH3 is 3. The lowest BCUT2D eigenvalue weighted by atomic mass is 9.94. The second-order valence-electron chi connectivity index (χ2n) is 7.70. The summed E-state index contributed by atoms with van der Waals surface area (Å²) in [5, 5.41) is 17.5. The number of benzene rings is 3. The predicted molar refractivity (Wildman–Crippen MR) is 134 cm³/mol. The van der Waals surface area contributed by atoms with E-state index in [2.05, 4.69) is 26.6 Å². The molecule has 182 valence electrons. The van der Waals surface area contributed by atoms with E-state index in [-0.39, 0.29) is 23.5 Å². The van der Waals surface area contributed by atoms with Crippen LogP contribution in [-0.4, -0.2) is 38.4 Å². The monoisotopic (exact) mass is 541 g/mol. The molecule has 1 aliphatic heterocycles. The van der Waals surface area contributed by atoms with Crippen molar-refractivity contribution in [3.63, 3.8) is 0 Å². The molecule has 0 unspecified atom stereocenters. The zero-order valence-electron chi connectivity index (χ0n) is 19.3. The van der Waals surface area contributed by atoms with Crippen molar-refractivity contribution in [2.75, 3.05) is 31.5 Å². The average Bonchev–Trinajstić information content (AvgIpc) is 2.88. The number of urea groups is 1. The number of nitrogens with zero attached hydrogens (tertiary/aromatic N) is 1. The summed E-state index contributed by atoms with van der Waals surface area (Å²) in [7, 11) is 4.49. The topological polar surface area (TPSA) is 109 Å². The van der Waals surface area contributed by atoms with E-state index in [9.17, 15) is 14.7 Å². The van der Waals surface area contributed by atoms with Gasteiger partial charge in [0.2, 0.25) is 0 Å². The Labute approximate surface area is 210 Å². The number of amides is 3. The maximum absolute atomic E-state index is 13.7. The molecule has 1 atom stereocenters. The molecule has 1 heterocycles. The van der Waals surface area contributed by atoms with Crippen LogP contribution in [0.25, 0.3) is 0 Å². The highest BCUT2D eigenvalue weighted by Gasteiger charge is 2.52. The molecule has 4 rings (SSSR count). The number of anilines is 2. The van der Waals surface area contributed by atoms with Gasteiger partial charge in [-0.05, 0) is 48.0 Å². The van der Waals surface area contributed by atoms with E-state index in [1.807, 2.05) is 0 Å². The van der Waals surface area contributed by atoms with Crippen molar-refractivity contribution in [1.29, 1.82) is 0 Å². The van der Waals surface area contributed by atoms with Gasteiger partial charge in [0.25, 0.3) is 11.6 Å². The van der Waals surface area contributed by atoms with Crippen LogP contribution in [-0.2, 0) is 17.1 Å². The first kappa shape index (κ1) is 24.4. The first-order chi connectivity index (χ1) is 16.8. The normalized spacial score (nSPS) is 16.7. The minimum Gasteiger partial charge on any atom is -0.497 e. The molecule has 3 N–H and O–H groups in total.